The Labute approximate surface area is 109 Å². The van der Waals surface area contributed by atoms with E-state index in [-0.39, 0.29) is 0 Å². The maximum Gasteiger partial charge on any atom is 0.0456 e. The fourth-order valence-corrected chi connectivity index (χ4v) is 2.14. The quantitative estimate of drug-likeness (QED) is 0.799. The summed E-state index contributed by atoms with van der Waals surface area (Å²) < 4.78 is 0. The lowest BCUT2D eigenvalue weighted by molar-refractivity contribution is 0.795. The average Bonchev–Trinajstić information content (AvgIpc) is 2.86. The van der Waals surface area contributed by atoms with Gasteiger partial charge in [0.15, 0.2) is 0 Å². The highest BCUT2D eigenvalue weighted by atomic mass is 14.7. The van der Waals surface area contributed by atoms with Crippen LogP contribution in [0.3, 0.4) is 0 Å². The number of hydrogen-bond acceptors (Lipinski definition) is 1. The van der Waals surface area contributed by atoms with E-state index < -0.39 is 0 Å². The van der Waals surface area contributed by atoms with Crippen molar-refractivity contribution in [3.05, 3.63) is 47.7 Å². The van der Waals surface area contributed by atoms with Crippen LogP contribution in [0.2, 0.25) is 0 Å². The molecule has 2 aromatic rings. The minimum absolute atomic E-state index is 0.690. The zero-order valence-corrected chi connectivity index (χ0v) is 11.1. The third kappa shape index (κ3) is 3.23. The Hall–Kier alpha value is -1.54. The topological polar surface area (TPSA) is 41.8 Å². The summed E-state index contributed by atoms with van der Waals surface area (Å²) in [5.41, 5.74) is 10.6. The number of benzene rings is 1. The monoisotopic (exact) mass is 242 g/mol. The molecule has 1 aromatic carbocycles. The number of H-pyrrole nitrogens is 1. The highest BCUT2D eigenvalue weighted by Crippen LogP contribution is 2.20. The fraction of sp³-hybridized carbons (Fsp3) is 0.375. The molecule has 96 valence electrons. The summed E-state index contributed by atoms with van der Waals surface area (Å²) in [6, 6.07) is 13.1. The number of nitrogens with one attached hydrogen (secondary N) is 1. The lowest BCUT2D eigenvalue weighted by atomic mass is 10.1. The van der Waals surface area contributed by atoms with Crippen molar-refractivity contribution in [2.45, 2.75) is 32.6 Å². The van der Waals surface area contributed by atoms with Crippen LogP contribution < -0.4 is 5.73 Å². The summed E-state index contributed by atoms with van der Waals surface area (Å²) in [6.45, 7) is 2.92. The Morgan fingerprint density at radius 1 is 1.00 bits per heavy atom. The van der Waals surface area contributed by atoms with Crippen LogP contribution in [0.5, 0.6) is 0 Å². The van der Waals surface area contributed by atoms with Crippen molar-refractivity contribution in [1.82, 2.24) is 4.98 Å². The maximum absolute atomic E-state index is 5.55. The molecule has 3 N–H and O–H groups in total. The summed E-state index contributed by atoms with van der Waals surface area (Å²) in [7, 11) is 0. The highest BCUT2D eigenvalue weighted by molar-refractivity contribution is 5.60. The molecule has 1 heterocycles. The fourth-order valence-electron chi connectivity index (χ4n) is 2.14. The van der Waals surface area contributed by atoms with Crippen LogP contribution in [0.25, 0.3) is 11.3 Å². The maximum atomic E-state index is 5.55. The molecule has 0 bridgehead atoms. The average molecular weight is 242 g/mol. The molecule has 0 fully saturated rings. The van der Waals surface area contributed by atoms with Gasteiger partial charge in [0.1, 0.15) is 0 Å². The molecule has 2 heteroatoms. The van der Waals surface area contributed by atoms with Crippen molar-refractivity contribution in [2.24, 2.45) is 5.73 Å². The minimum Gasteiger partial charge on any atom is -0.358 e. The van der Waals surface area contributed by atoms with Crippen molar-refractivity contribution in [3.8, 4) is 11.3 Å². The van der Waals surface area contributed by atoms with Crippen molar-refractivity contribution >= 4 is 0 Å². The molecule has 2 nitrogen and oxygen atoms in total. The largest absolute Gasteiger partial charge is 0.358 e. The SMILES string of the molecule is CCCCc1ccc(-c2ccc(CCN)[nH]2)cc1. The molecule has 0 aliphatic heterocycles. The van der Waals surface area contributed by atoms with E-state index in [1.165, 1.54) is 41.8 Å². The second-order valence-corrected chi connectivity index (χ2v) is 4.74. The Morgan fingerprint density at radius 3 is 2.44 bits per heavy atom. The minimum atomic E-state index is 0.690. The number of nitrogens with two attached hydrogens (primary N) is 1. The van der Waals surface area contributed by atoms with Gasteiger partial charge < -0.3 is 10.7 Å². The summed E-state index contributed by atoms with van der Waals surface area (Å²) >= 11 is 0. The lowest BCUT2D eigenvalue weighted by Gasteiger charge is -2.02. The normalized spacial score (nSPS) is 10.8. The summed E-state index contributed by atoms with van der Waals surface area (Å²) in [6.07, 6.45) is 4.61. The predicted octanol–water partition coefficient (Wildman–Crippen LogP) is 3.53. The molecule has 2 rings (SSSR count). The zero-order valence-electron chi connectivity index (χ0n) is 11.1. The number of aryl methyl sites for hydroxylation is 1. The molecule has 0 saturated carbocycles. The first-order valence-electron chi connectivity index (χ1n) is 6.80. The Morgan fingerprint density at radius 2 is 1.78 bits per heavy atom. The van der Waals surface area contributed by atoms with E-state index in [9.17, 15) is 0 Å². The van der Waals surface area contributed by atoms with Gasteiger partial charge >= 0.3 is 0 Å². The van der Waals surface area contributed by atoms with Gasteiger partial charge in [-0.15, -0.1) is 0 Å². The van der Waals surface area contributed by atoms with Gasteiger partial charge in [0, 0.05) is 11.4 Å². The van der Waals surface area contributed by atoms with Crippen LogP contribution in [-0.4, -0.2) is 11.5 Å². The molecule has 0 aliphatic carbocycles. The van der Waals surface area contributed by atoms with Crippen molar-refractivity contribution < 1.29 is 0 Å². The molecule has 1 aromatic heterocycles. The van der Waals surface area contributed by atoms with E-state index in [0.29, 0.717) is 6.54 Å². The standard InChI is InChI=1S/C16H22N2/c1-2-3-4-13-5-7-14(8-6-13)16-10-9-15(18-16)11-12-17/h5-10,18H,2-4,11-12,17H2,1H3. The molecule has 0 unspecified atom stereocenters. The van der Waals surface area contributed by atoms with Crippen LogP contribution >= 0.6 is 0 Å². The Bertz CT molecular complexity index is 468. The predicted molar refractivity (Wildman–Crippen MR) is 77.6 cm³/mol. The Balaban J connectivity index is 2.07. The molecular formula is C16H22N2. The van der Waals surface area contributed by atoms with Crippen LogP contribution in [-0.2, 0) is 12.8 Å². The van der Waals surface area contributed by atoms with E-state index in [1.54, 1.807) is 0 Å². The number of unbranched alkanes of at least 4 members (excludes halogenated alkanes) is 1. The smallest absolute Gasteiger partial charge is 0.0456 e. The zero-order chi connectivity index (χ0) is 12.8. The van der Waals surface area contributed by atoms with E-state index >= 15 is 0 Å². The Kier molecular flexibility index (Phi) is 4.59. The summed E-state index contributed by atoms with van der Waals surface area (Å²) in [5, 5.41) is 0. The van der Waals surface area contributed by atoms with Crippen LogP contribution in [0.1, 0.15) is 31.0 Å². The van der Waals surface area contributed by atoms with E-state index in [0.717, 1.165) is 6.42 Å². The van der Waals surface area contributed by atoms with E-state index in [4.69, 9.17) is 5.73 Å². The van der Waals surface area contributed by atoms with Gasteiger partial charge in [0.05, 0.1) is 0 Å². The van der Waals surface area contributed by atoms with Crippen LogP contribution in [0.4, 0.5) is 0 Å². The van der Waals surface area contributed by atoms with Crippen molar-refractivity contribution in [2.75, 3.05) is 6.54 Å². The number of aromatic nitrogens is 1. The van der Waals surface area contributed by atoms with Gasteiger partial charge in [-0.25, -0.2) is 0 Å². The number of aromatic amines is 1. The van der Waals surface area contributed by atoms with Crippen molar-refractivity contribution in [3.63, 3.8) is 0 Å². The molecule has 0 saturated heterocycles. The molecule has 0 atom stereocenters. The lowest BCUT2D eigenvalue weighted by Crippen LogP contribution is -2.02. The van der Waals surface area contributed by atoms with Gasteiger partial charge in [-0.05, 0) is 49.1 Å². The van der Waals surface area contributed by atoms with Gasteiger partial charge in [0.2, 0.25) is 0 Å². The summed E-state index contributed by atoms with van der Waals surface area (Å²) in [4.78, 5) is 3.41. The third-order valence-electron chi connectivity index (χ3n) is 3.24. The molecule has 0 radical (unpaired) electrons. The van der Waals surface area contributed by atoms with Gasteiger partial charge in [-0.3, -0.25) is 0 Å². The molecule has 0 aliphatic rings. The van der Waals surface area contributed by atoms with E-state index in [2.05, 4.69) is 48.3 Å². The molecule has 0 spiro atoms. The van der Waals surface area contributed by atoms with Gasteiger partial charge in [-0.1, -0.05) is 37.6 Å². The van der Waals surface area contributed by atoms with Crippen molar-refractivity contribution in [1.29, 1.82) is 0 Å². The van der Waals surface area contributed by atoms with Gasteiger partial charge in [0.25, 0.3) is 0 Å². The molecular weight excluding hydrogens is 220 g/mol. The second-order valence-electron chi connectivity index (χ2n) is 4.74. The molecule has 0 amide bonds. The van der Waals surface area contributed by atoms with E-state index in [1.807, 2.05) is 0 Å². The second kappa shape index (κ2) is 6.41. The number of rotatable bonds is 6. The first kappa shape index (κ1) is 12.9. The highest BCUT2D eigenvalue weighted by Gasteiger charge is 2.01. The first-order valence-corrected chi connectivity index (χ1v) is 6.80. The third-order valence-corrected chi connectivity index (χ3v) is 3.24. The molecule has 18 heavy (non-hydrogen) atoms. The first-order chi connectivity index (χ1) is 8.83. The summed E-state index contributed by atoms with van der Waals surface area (Å²) in [5.74, 6) is 0. The van der Waals surface area contributed by atoms with Gasteiger partial charge in [-0.2, -0.15) is 0 Å². The van der Waals surface area contributed by atoms with Crippen LogP contribution in [0, 0.1) is 0 Å². The number of hydrogen-bond donors (Lipinski definition) is 2. The van der Waals surface area contributed by atoms with Crippen LogP contribution in [0.15, 0.2) is 36.4 Å².